The minimum atomic E-state index is -1.52. The van der Waals surface area contributed by atoms with E-state index in [1.165, 1.54) is 32.8 Å². The summed E-state index contributed by atoms with van der Waals surface area (Å²) in [6.07, 6.45) is 21.4. The maximum atomic E-state index is 13.1. The van der Waals surface area contributed by atoms with E-state index in [4.69, 9.17) is 23.7 Å². The largest absolute Gasteiger partial charge is 0.465 e. The number of rotatable bonds is 18. The molecule has 2 saturated heterocycles. The lowest BCUT2D eigenvalue weighted by Gasteiger charge is -2.38. The number of aliphatic hydroxyl groups excluding tert-OH is 1. The second-order valence-electron chi connectivity index (χ2n) is 12.4. The number of aliphatic hydroxyl groups is 1. The van der Waals surface area contributed by atoms with Gasteiger partial charge < -0.3 is 28.8 Å². The molecule has 1 saturated carbocycles. The molecule has 3 aliphatic rings. The van der Waals surface area contributed by atoms with Gasteiger partial charge in [0.05, 0.1) is 13.2 Å². The van der Waals surface area contributed by atoms with Gasteiger partial charge in [0, 0.05) is 19.6 Å². The van der Waals surface area contributed by atoms with Crippen molar-refractivity contribution >= 4 is 5.97 Å². The van der Waals surface area contributed by atoms with Gasteiger partial charge in [-0.2, -0.15) is 0 Å². The minimum Gasteiger partial charge on any atom is -0.465 e. The summed E-state index contributed by atoms with van der Waals surface area (Å²) in [6, 6.07) is 0. The SMILES string of the molecule is CCCC[C@H](C)CCC=C[C@H]1CC[C@H](O)[C@@H]1CCCCCC(OC1CCCCO1)(OC1CCCCO1)C(=O)OC. The summed E-state index contributed by atoms with van der Waals surface area (Å²) in [5.41, 5.74) is 0. The maximum absolute atomic E-state index is 13.1. The molecule has 2 unspecified atom stereocenters. The van der Waals surface area contributed by atoms with Gasteiger partial charge in [-0.05, 0) is 94.8 Å². The average Bonchev–Trinajstić information content (AvgIpc) is 3.33. The van der Waals surface area contributed by atoms with Gasteiger partial charge in [-0.25, -0.2) is 4.79 Å². The molecule has 0 bridgehead atoms. The van der Waals surface area contributed by atoms with E-state index in [-0.39, 0.29) is 6.10 Å². The predicted molar refractivity (Wildman–Crippen MR) is 156 cm³/mol. The molecule has 2 heterocycles. The molecule has 3 fully saturated rings. The lowest BCUT2D eigenvalue weighted by Crippen LogP contribution is -2.51. The fourth-order valence-corrected chi connectivity index (χ4v) is 6.52. The third kappa shape index (κ3) is 11.0. The Labute approximate surface area is 243 Å². The molecule has 0 amide bonds. The molecule has 0 radical (unpaired) electrons. The van der Waals surface area contributed by atoms with E-state index in [9.17, 15) is 9.90 Å². The van der Waals surface area contributed by atoms with Gasteiger partial charge in [0.2, 0.25) is 0 Å². The first-order chi connectivity index (χ1) is 19.5. The third-order valence-electron chi connectivity index (χ3n) is 9.06. The predicted octanol–water partition coefficient (Wildman–Crippen LogP) is 7.44. The van der Waals surface area contributed by atoms with E-state index >= 15 is 0 Å². The van der Waals surface area contributed by atoms with Crippen LogP contribution in [-0.4, -0.2) is 55.9 Å². The summed E-state index contributed by atoms with van der Waals surface area (Å²) in [4.78, 5) is 13.1. The molecule has 0 aromatic heterocycles. The highest BCUT2D eigenvalue weighted by molar-refractivity contribution is 5.77. The van der Waals surface area contributed by atoms with Crippen LogP contribution < -0.4 is 0 Å². The summed E-state index contributed by atoms with van der Waals surface area (Å²) < 4.78 is 29.4. The number of allylic oxidation sites excluding steroid dienone is 2. The molecule has 1 aliphatic carbocycles. The Morgan fingerprint density at radius 3 is 2.25 bits per heavy atom. The van der Waals surface area contributed by atoms with Crippen molar-refractivity contribution in [1.82, 2.24) is 0 Å². The van der Waals surface area contributed by atoms with Crippen LogP contribution >= 0.6 is 0 Å². The first kappa shape index (κ1) is 33.5. The highest BCUT2D eigenvalue weighted by Crippen LogP contribution is 2.38. The van der Waals surface area contributed by atoms with Crippen molar-refractivity contribution in [2.45, 2.75) is 154 Å². The van der Waals surface area contributed by atoms with Crippen molar-refractivity contribution in [3.63, 3.8) is 0 Å². The fraction of sp³-hybridized carbons (Fsp3) is 0.909. The maximum Gasteiger partial charge on any atom is 0.366 e. The molecular formula is C33H58O7. The molecule has 6 atom stereocenters. The molecule has 40 heavy (non-hydrogen) atoms. The number of hydrogen-bond acceptors (Lipinski definition) is 7. The van der Waals surface area contributed by atoms with E-state index in [1.807, 2.05) is 0 Å². The lowest BCUT2D eigenvalue weighted by atomic mass is 9.88. The van der Waals surface area contributed by atoms with E-state index in [1.54, 1.807) is 0 Å². The number of unbranched alkanes of at least 4 members (excludes halogenated alkanes) is 3. The molecule has 7 nitrogen and oxygen atoms in total. The first-order valence-electron chi connectivity index (χ1n) is 16.5. The van der Waals surface area contributed by atoms with Gasteiger partial charge in [-0.15, -0.1) is 0 Å². The smallest absolute Gasteiger partial charge is 0.366 e. The lowest BCUT2D eigenvalue weighted by molar-refractivity contribution is -0.353. The highest BCUT2D eigenvalue weighted by Gasteiger charge is 2.47. The Morgan fingerprint density at radius 2 is 1.65 bits per heavy atom. The standard InChI is InChI=1S/C33H58O7/c1-4-5-15-26(2)16-8-9-17-27-21-22-29(34)28(27)18-7-6-12-23-33(32(35)36-3,39-30-19-10-13-24-37-30)40-31-20-11-14-25-38-31/h9,17,26-31,34H,4-8,10-16,18-25H2,1-3H3/t26-,27-,28+,29-,30?,31?,33?/m0/s1. The zero-order valence-electron chi connectivity index (χ0n) is 25.7. The Balaban J connectivity index is 1.50. The highest BCUT2D eigenvalue weighted by atomic mass is 16.8. The van der Waals surface area contributed by atoms with Gasteiger partial charge in [-0.1, -0.05) is 58.1 Å². The Bertz CT molecular complexity index is 694. The van der Waals surface area contributed by atoms with Crippen molar-refractivity contribution in [1.29, 1.82) is 0 Å². The Morgan fingerprint density at radius 1 is 0.950 bits per heavy atom. The van der Waals surface area contributed by atoms with Crippen LogP contribution in [0.4, 0.5) is 0 Å². The van der Waals surface area contributed by atoms with Crippen molar-refractivity contribution in [3.8, 4) is 0 Å². The van der Waals surface area contributed by atoms with Crippen molar-refractivity contribution in [2.75, 3.05) is 20.3 Å². The Hall–Kier alpha value is -0.990. The van der Waals surface area contributed by atoms with E-state index in [0.29, 0.717) is 31.5 Å². The van der Waals surface area contributed by atoms with Crippen molar-refractivity contribution < 1.29 is 33.6 Å². The second kappa shape index (κ2) is 18.5. The number of carbonyl (C=O) groups is 1. The van der Waals surface area contributed by atoms with Crippen molar-refractivity contribution in [3.05, 3.63) is 12.2 Å². The topological polar surface area (TPSA) is 83.5 Å². The van der Waals surface area contributed by atoms with Crippen LogP contribution in [0.2, 0.25) is 0 Å². The van der Waals surface area contributed by atoms with Crippen LogP contribution in [0.5, 0.6) is 0 Å². The van der Waals surface area contributed by atoms with Gasteiger partial charge in [-0.3, -0.25) is 0 Å². The van der Waals surface area contributed by atoms with Crippen LogP contribution in [0, 0.1) is 17.8 Å². The summed E-state index contributed by atoms with van der Waals surface area (Å²) >= 11 is 0. The molecule has 0 spiro atoms. The zero-order valence-corrected chi connectivity index (χ0v) is 25.7. The van der Waals surface area contributed by atoms with Crippen LogP contribution in [0.3, 0.4) is 0 Å². The van der Waals surface area contributed by atoms with Gasteiger partial charge in [0.25, 0.3) is 5.79 Å². The molecule has 1 N–H and O–H groups in total. The van der Waals surface area contributed by atoms with Crippen molar-refractivity contribution in [2.24, 2.45) is 17.8 Å². The van der Waals surface area contributed by atoms with E-state index in [2.05, 4.69) is 26.0 Å². The van der Waals surface area contributed by atoms with Crippen LogP contribution in [0.25, 0.3) is 0 Å². The van der Waals surface area contributed by atoms with Gasteiger partial charge in [0.1, 0.15) is 0 Å². The molecule has 7 heteroatoms. The summed E-state index contributed by atoms with van der Waals surface area (Å²) in [6.45, 7) is 5.87. The number of esters is 1. The van der Waals surface area contributed by atoms with Gasteiger partial charge in [0.15, 0.2) is 12.6 Å². The summed E-state index contributed by atoms with van der Waals surface area (Å²) in [7, 11) is 1.38. The molecule has 2 aliphatic heterocycles. The number of carbonyl (C=O) groups excluding carboxylic acids is 1. The summed E-state index contributed by atoms with van der Waals surface area (Å²) in [5.74, 6) is -0.470. The molecule has 232 valence electrons. The summed E-state index contributed by atoms with van der Waals surface area (Å²) in [5, 5.41) is 10.7. The number of hydrogen-bond donors (Lipinski definition) is 1. The quantitative estimate of drug-likeness (QED) is 0.0799. The van der Waals surface area contributed by atoms with Crippen LogP contribution in [0.15, 0.2) is 12.2 Å². The monoisotopic (exact) mass is 566 g/mol. The number of ether oxygens (including phenoxy) is 5. The molecule has 3 rings (SSSR count). The first-order valence-corrected chi connectivity index (χ1v) is 16.5. The van der Waals surface area contributed by atoms with Gasteiger partial charge >= 0.3 is 5.97 Å². The fourth-order valence-electron chi connectivity index (χ4n) is 6.52. The molecule has 0 aromatic carbocycles. The van der Waals surface area contributed by atoms with Crippen LogP contribution in [0.1, 0.15) is 129 Å². The average molecular weight is 567 g/mol. The molecular weight excluding hydrogens is 508 g/mol. The third-order valence-corrected chi connectivity index (χ3v) is 9.06. The van der Waals surface area contributed by atoms with E-state index < -0.39 is 24.3 Å². The van der Waals surface area contributed by atoms with Crippen LogP contribution in [-0.2, 0) is 28.5 Å². The van der Waals surface area contributed by atoms with E-state index in [0.717, 1.165) is 89.4 Å². The minimum absolute atomic E-state index is 0.217. The zero-order chi connectivity index (χ0) is 28.6. The Kier molecular flexibility index (Phi) is 15.5. The normalized spacial score (nSPS) is 29.9. The molecule has 0 aromatic rings. The second-order valence-corrected chi connectivity index (χ2v) is 12.4. The number of methoxy groups -OCH3 is 1.